The smallest absolute Gasteiger partial charge is 0.108 e. The lowest BCUT2D eigenvalue weighted by molar-refractivity contribution is 0.247. The Morgan fingerprint density at radius 1 is 0.636 bits per heavy atom. The van der Waals surface area contributed by atoms with Crippen molar-refractivity contribution in [3.8, 4) is 0 Å². The predicted molar refractivity (Wildman–Crippen MR) is 143 cm³/mol. The second kappa shape index (κ2) is 9.06. The van der Waals surface area contributed by atoms with Gasteiger partial charge < -0.3 is 0 Å². The van der Waals surface area contributed by atoms with E-state index in [1.807, 2.05) is 22.7 Å². The van der Waals surface area contributed by atoms with Crippen molar-refractivity contribution in [1.82, 2.24) is 19.8 Å². The fraction of sp³-hybridized carbons (Fsp3) is 0.481. The van der Waals surface area contributed by atoms with Crippen LogP contribution in [-0.4, -0.2) is 45.9 Å². The van der Waals surface area contributed by atoms with E-state index in [9.17, 15) is 0 Å². The molecule has 3 heterocycles. The zero-order chi connectivity index (χ0) is 23.3. The van der Waals surface area contributed by atoms with Crippen LogP contribution in [0.3, 0.4) is 0 Å². The van der Waals surface area contributed by atoms with Gasteiger partial charge in [-0.05, 0) is 107 Å². The number of aromatic nitrogens is 2. The quantitative estimate of drug-likeness (QED) is 0.337. The Morgan fingerprint density at radius 3 is 1.48 bits per heavy atom. The summed E-state index contributed by atoms with van der Waals surface area (Å²) in [5.41, 5.74) is 10.6. The first-order valence-electron chi connectivity index (χ1n) is 12.0. The summed E-state index contributed by atoms with van der Waals surface area (Å²) in [4.78, 5) is 15.1. The molecule has 1 saturated heterocycles. The molecule has 0 saturated carbocycles. The minimum absolute atomic E-state index is 0.962. The molecule has 0 spiro atoms. The van der Waals surface area contributed by atoms with Gasteiger partial charge in [-0.15, -0.1) is 22.7 Å². The third-order valence-corrected chi connectivity index (χ3v) is 9.84. The number of nitrogens with zero attached hydrogens (tertiary/aromatic N) is 4. The van der Waals surface area contributed by atoms with E-state index in [0.29, 0.717) is 0 Å². The Hall–Kier alpha value is -1.86. The first-order valence-corrected chi connectivity index (χ1v) is 13.6. The van der Waals surface area contributed by atoms with Gasteiger partial charge in [0.2, 0.25) is 0 Å². The van der Waals surface area contributed by atoms with Crippen molar-refractivity contribution in [2.75, 3.05) is 26.2 Å². The van der Waals surface area contributed by atoms with Crippen LogP contribution in [0.15, 0.2) is 12.1 Å². The van der Waals surface area contributed by atoms with E-state index >= 15 is 0 Å². The van der Waals surface area contributed by atoms with E-state index in [1.165, 1.54) is 70.3 Å². The van der Waals surface area contributed by atoms with Crippen LogP contribution in [0.2, 0.25) is 0 Å². The molecule has 0 N–H and O–H groups in total. The second-order valence-corrected chi connectivity index (χ2v) is 11.9. The zero-order valence-electron chi connectivity index (χ0n) is 20.7. The highest BCUT2D eigenvalue weighted by molar-refractivity contribution is 7.19. The van der Waals surface area contributed by atoms with Gasteiger partial charge >= 0.3 is 0 Å². The summed E-state index contributed by atoms with van der Waals surface area (Å²) in [5, 5.41) is 2.50. The number of rotatable bonds is 4. The molecule has 0 radical (unpaired) electrons. The van der Waals surface area contributed by atoms with Crippen molar-refractivity contribution in [1.29, 1.82) is 0 Å². The number of hydrogen-bond donors (Lipinski definition) is 0. The molecule has 0 aliphatic carbocycles. The minimum atomic E-state index is 0.962. The summed E-state index contributed by atoms with van der Waals surface area (Å²) in [6.07, 6.45) is 1.20. The number of aryl methyl sites for hydroxylation is 4. The molecule has 1 aliphatic heterocycles. The third kappa shape index (κ3) is 4.46. The Balaban J connectivity index is 1.26. The van der Waals surface area contributed by atoms with E-state index in [1.54, 1.807) is 0 Å². The molecular weight excluding hydrogens is 444 g/mol. The van der Waals surface area contributed by atoms with Gasteiger partial charge in [0.15, 0.2) is 0 Å². The molecule has 1 fully saturated rings. The van der Waals surface area contributed by atoms with Gasteiger partial charge in [-0.25, -0.2) is 9.97 Å². The average Bonchev–Trinajstić information content (AvgIpc) is 3.29. The lowest BCUT2D eigenvalue weighted by atomic mass is 10.0. The standard InChI is InChI=1S/C27H34N4S2/c1-16-12-22-26(20(5)18(16)3)32-24(28-22)14-30-8-7-9-31(11-10-30)15-25-29-23-13-17(2)19(4)21(6)27(23)33-25/h12-13H,7-11,14-15H2,1-6H3. The Labute approximate surface area is 205 Å². The second-order valence-electron chi connectivity index (χ2n) is 9.70. The first kappa shape index (κ1) is 22.9. The summed E-state index contributed by atoms with van der Waals surface area (Å²) >= 11 is 3.76. The third-order valence-electron chi connectivity index (χ3n) is 7.49. The van der Waals surface area contributed by atoms with Crippen molar-refractivity contribution in [3.05, 3.63) is 55.5 Å². The van der Waals surface area contributed by atoms with E-state index < -0.39 is 0 Å². The monoisotopic (exact) mass is 478 g/mol. The van der Waals surface area contributed by atoms with E-state index in [2.05, 4.69) is 63.5 Å². The maximum absolute atomic E-state index is 4.99. The summed E-state index contributed by atoms with van der Waals surface area (Å²) < 4.78 is 2.72. The lowest BCUT2D eigenvalue weighted by Crippen LogP contribution is -2.30. The molecule has 5 rings (SSSR count). The molecule has 33 heavy (non-hydrogen) atoms. The van der Waals surface area contributed by atoms with Crippen LogP contribution >= 0.6 is 22.7 Å². The maximum atomic E-state index is 4.99. The van der Waals surface area contributed by atoms with Gasteiger partial charge in [-0.3, -0.25) is 9.80 Å². The Kier molecular flexibility index (Phi) is 6.29. The van der Waals surface area contributed by atoms with Crippen molar-refractivity contribution in [2.24, 2.45) is 0 Å². The van der Waals surface area contributed by atoms with Crippen LogP contribution < -0.4 is 0 Å². The van der Waals surface area contributed by atoms with Crippen LogP contribution in [0.1, 0.15) is 49.8 Å². The lowest BCUT2D eigenvalue weighted by Gasteiger charge is -2.20. The molecule has 2 aromatic carbocycles. The molecular formula is C27H34N4S2. The number of benzene rings is 2. The summed E-state index contributed by atoms with van der Waals surface area (Å²) in [7, 11) is 0. The normalized spacial score (nSPS) is 16.2. The fourth-order valence-electron chi connectivity index (χ4n) is 4.91. The van der Waals surface area contributed by atoms with Gasteiger partial charge in [-0.1, -0.05) is 0 Å². The van der Waals surface area contributed by atoms with Crippen molar-refractivity contribution in [2.45, 2.75) is 61.1 Å². The van der Waals surface area contributed by atoms with Crippen LogP contribution in [0.25, 0.3) is 20.4 Å². The van der Waals surface area contributed by atoms with E-state index in [4.69, 9.17) is 9.97 Å². The Morgan fingerprint density at radius 2 is 1.06 bits per heavy atom. The summed E-state index contributed by atoms with van der Waals surface area (Å²) in [5.74, 6) is 0. The summed E-state index contributed by atoms with van der Waals surface area (Å²) in [6.45, 7) is 19.7. The number of hydrogen-bond acceptors (Lipinski definition) is 6. The summed E-state index contributed by atoms with van der Waals surface area (Å²) in [6, 6.07) is 4.51. The van der Waals surface area contributed by atoms with Crippen LogP contribution in [0, 0.1) is 41.5 Å². The first-order chi connectivity index (χ1) is 15.8. The zero-order valence-corrected chi connectivity index (χ0v) is 22.3. The van der Waals surface area contributed by atoms with Gasteiger partial charge in [0, 0.05) is 13.1 Å². The van der Waals surface area contributed by atoms with Gasteiger partial charge in [0.05, 0.1) is 33.5 Å². The van der Waals surface area contributed by atoms with Crippen molar-refractivity contribution < 1.29 is 0 Å². The van der Waals surface area contributed by atoms with Gasteiger partial charge in [0.25, 0.3) is 0 Å². The van der Waals surface area contributed by atoms with Crippen molar-refractivity contribution in [3.63, 3.8) is 0 Å². The molecule has 4 nitrogen and oxygen atoms in total. The SMILES string of the molecule is Cc1cc2nc(CN3CCCN(Cc4nc5cc(C)c(C)c(C)c5s4)CC3)sc2c(C)c1C. The predicted octanol–water partition coefficient (Wildman–Crippen LogP) is 6.46. The van der Waals surface area contributed by atoms with E-state index in [-0.39, 0.29) is 0 Å². The van der Waals surface area contributed by atoms with Crippen LogP contribution in [-0.2, 0) is 13.1 Å². The van der Waals surface area contributed by atoms with Gasteiger partial charge in [-0.2, -0.15) is 0 Å². The topological polar surface area (TPSA) is 32.3 Å². The fourth-order valence-corrected chi connectivity index (χ4v) is 7.19. The molecule has 174 valence electrons. The minimum Gasteiger partial charge on any atom is -0.295 e. The van der Waals surface area contributed by atoms with Crippen LogP contribution in [0.5, 0.6) is 0 Å². The molecule has 4 aromatic rings. The average molecular weight is 479 g/mol. The molecule has 0 amide bonds. The molecule has 0 bridgehead atoms. The molecule has 1 aliphatic rings. The largest absolute Gasteiger partial charge is 0.295 e. The molecule has 2 aromatic heterocycles. The molecule has 6 heteroatoms. The highest BCUT2D eigenvalue weighted by Crippen LogP contribution is 2.32. The van der Waals surface area contributed by atoms with Crippen molar-refractivity contribution >= 4 is 43.1 Å². The maximum Gasteiger partial charge on any atom is 0.108 e. The highest BCUT2D eigenvalue weighted by Gasteiger charge is 2.19. The molecule has 0 atom stereocenters. The highest BCUT2D eigenvalue weighted by atomic mass is 32.1. The molecule has 0 unspecified atom stereocenters. The number of thiazole rings is 2. The Bertz CT molecular complexity index is 1230. The van der Waals surface area contributed by atoms with Gasteiger partial charge in [0.1, 0.15) is 10.0 Å². The number of fused-ring (bicyclic) bond motifs is 2. The van der Waals surface area contributed by atoms with Crippen LogP contribution in [0.4, 0.5) is 0 Å². The van der Waals surface area contributed by atoms with E-state index in [0.717, 1.165) is 39.3 Å².